The maximum Gasteiger partial charge on any atom is 0.341 e. The average molecular weight is 652 g/mol. The molecule has 2 heterocycles. The van der Waals surface area contributed by atoms with E-state index >= 15 is 0 Å². The van der Waals surface area contributed by atoms with Gasteiger partial charge in [-0.3, -0.25) is 0 Å². The highest BCUT2D eigenvalue weighted by Gasteiger charge is 2.41. The molecule has 0 radical (unpaired) electrons. The maximum atomic E-state index is 14.1. The van der Waals surface area contributed by atoms with Gasteiger partial charge in [-0.2, -0.15) is 4.31 Å². The van der Waals surface area contributed by atoms with Crippen molar-refractivity contribution >= 4 is 27.6 Å². The first-order valence-electron chi connectivity index (χ1n) is 15.6. The van der Waals surface area contributed by atoms with E-state index in [0.717, 1.165) is 24.0 Å². The zero-order valence-electron chi connectivity index (χ0n) is 26.1. The van der Waals surface area contributed by atoms with Crippen LogP contribution in [-0.2, 0) is 32.4 Å². The number of rotatable bonds is 10. The molecule has 0 unspecified atom stereocenters. The van der Waals surface area contributed by atoms with Gasteiger partial charge in [0.1, 0.15) is 5.75 Å². The van der Waals surface area contributed by atoms with Gasteiger partial charge in [-0.25, -0.2) is 13.2 Å². The average Bonchev–Trinajstić information content (AvgIpc) is 3.23. The Balaban J connectivity index is 1.54. The number of fused-ring (bicyclic) bond motifs is 1. The number of sulfonamides is 1. The van der Waals surface area contributed by atoms with Crippen LogP contribution < -0.4 is 4.74 Å². The van der Waals surface area contributed by atoms with E-state index in [4.69, 9.17) is 21.1 Å². The van der Waals surface area contributed by atoms with Gasteiger partial charge < -0.3 is 14.6 Å². The van der Waals surface area contributed by atoms with Crippen molar-refractivity contribution < 1.29 is 27.8 Å². The molecule has 3 aromatic carbocycles. The molecule has 3 aromatic rings. The van der Waals surface area contributed by atoms with E-state index in [1.807, 2.05) is 43.3 Å². The first-order chi connectivity index (χ1) is 21.4. The van der Waals surface area contributed by atoms with Crippen molar-refractivity contribution in [1.82, 2.24) is 4.31 Å². The number of carboxylic acids is 1. The van der Waals surface area contributed by atoms with Crippen LogP contribution in [0.1, 0.15) is 67.9 Å². The van der Waals surface area contributed by atoms with Crippen molar-refractivity contribution in [3.05, 3.63) is 106 Å². The molecule has 1 N–H and O–H groups in total. The standard InChI is InChI=1S/C36H42ClNO6S/c1-23(2)19-34-31(27-9-11-28(37)12-10-27)21-30(24(3)4)36(44-34)32-20-29(13-14-33(32)43-22-35(39)40)45(41,42)38-17-15-25-7-5-6-8-26(25)16-18-38/h5-14,20,23,30-31,34,36H,3,15-19,21-22H2,1-2,4H3,(H,39,40)/t30-,31-,34+,36+/m0/s1. The number of aliphatic carboxylic acids is 1. The Morgan fingerprint density at radius 3 is 2.29 bits per heavy atom. The van der Waals surface area contributed by atoms with E-state index in [1.54, 1.807) is 16.4 Å². The molecule has 2 aliphatic heterocycles. The van der Waals surface area contributed by atoms with Gasteiger partial charge >= 0.3 is 5.97 Å². The van der Waals surface area contributed by atoms with Crippen LogP contribution in [0.2, 0.25) is 5.02 Å². The fourth-order valence-corrected chi connectivity index (χ4v) is 8.24. The van der Waals surface area contributed by atoms with Crippen LogP contribution >= 0.6 is 11.6 Å². The Morgan fingerprint density at radius 2 is 1.71 bits per heavy atom. The van der Waals surface area contributed by atoms with Crippen molar-refractivity contribution in [2.75, 3.05) is 19.7 Å². The minimum atomic E-state index is -3.87. The second-order valence-corrected chi connectivity index (χ2v) is 15.0. The van der Waals surface area contributed by atoms with E-state index in [2.05, 4.69) is 32.6 Å². The van der Waals surface area contributed by atoms with E-state index in [0.29, 0.717) is 48.2 Å². The highest BCUT2D eigenvalue weighted by atomic mass is 35.5. The van der Waals surface area contributed by atoms with Gasteiger partial charge in [0.25, 0.3) is 0 Å². The molecule has 7 nitrogen and oxygen atoms in total. The van der Waals surface area contributed by atoms with Gasteiger partial charge in [0.15, 0.2) is 6.61 Å². The fraction of sp³-hybridized carbons (Fsp3) is 0.417. The van der Waals surface area contributed by atoms with Crippen LogP contribution in [0.25, 0.3) is 0 Å². The summed E-state index contributed by atoms with van der Waals surface area (Å²) in [5.74, 6) is -0.593. The summed E-state index contributed by atoms with van der Waals surface area (Å²) < 4.78 is 42.5. The number of ether oxygens (including phenoxy) is 2. The van der Waals surface area contributed by atoms with Crippen molar-refractivity contribution in [3.8, 4) is 5.75 Å². The third-order valence-electron chi connectivity index (χ3n) is 8.93. The minimum Gasteiger partial charge on any atom is -0.482 e. The summed E-state index contributed by atoms with van der Waals surface area (Å²) >= 11 is 6.21. The van der Waals surface area contributed by atoms with Crippen LogP contribution in [0.15, 0.2) is 83.8 Å². The van der Waals surface area contributed by atoms with Crippen LogP contribution in [0.5, 0.6) is 5.75 Å². The molecule has 0 amide bonds. The first kappa shape index (κ1) is 33.2. The highest BCUT2D eigenvalue weighted by Crippen LogP contribution is 2.50. The second-order valence-electron chi connectivity index (χ2n) is 12.6. The fourth-order valence-electron chi connectivity index (χ4n) is 6.64. The molecule has 0 aromatic heterocycles. The summed E-state index contributed by atoms with van der Waals surface area (Å²) in [6.07, 6.45) is 2.01. The lowest BCUT2D eigenvalue weighted by molar-refractivity contribution is -0.139. The van der Waals surface area contributed by atoms with Gasteiger partial charge in [0.2, 0.25) is 10.0 Å². The van der Waals surface area contributed by atoms with E-state index < -0.39 is 28.7 Å². The molecule has 1 fully saturated rings. The molecule has 2 aliphatic rings. The molecular formula is C36H42ClNO6S. The zero-order valence-corrected chi connectivity index (χ0v) is 27.7. The van der Waals surface area contributed by atoms with E-state index in [9.17, 15) is 18.3 Å². The van der Waals surface area contributed by atoms with Crippen LogP contribution in [0, 0.1) is 11.8 Å². The third kappa shape index (κ3) is 7.63. The molecule has 0 bridgehead atoms. The molecule has 0 spiro atoms. The molecule has 0 aliphatic carbocycles. The molecule has 45 heavy (non-hydrogen) atoms. The molecule has 5 rings (SSSR count). The van der Waals surface area contributed by atoms with Crippen molar-refractivity contribution in [2.45, 2.75) is 69.5 Å². The molecule has 0 saturated carbocycles. The minimum absolute atomic E-state index is 0.0663. The number of hydrogen-bond acceptors (Lipinski definition) is 5. The Bertz CT molecular complexity index is 1610. The summed E-state index contributed by atoms with van der Waals surface area (Å²) in [6, 6.07) is 20.6. The third-order valence-corrected chi connectivity index (χ3v) is 11.1. The monoisotopic (exact) mass is 651 g/mol. The van der Waals surface area contributed by atoms with Crippen LogP contribution in [0.3, 0.4) is 0 Å². The number of carboxylic acid groups (broad SMARTS) is 1. The highest BCUT2D eigenvalue weighted by molar-refractivity contribution is 7.89. The SMILES string of the molecule is C=C(C)[C@@H]1C[C@@H](c2ccc(Cl)cc2)[C@@H](CC(C)C)O[C@H]1c1cc(S(=O)(=O)N2CCc3ccccc3CC2)ccc1OCC(=O)O. The predicted molar refractivity (Wildman–Crippen MR) is 176 cm³/mol. The predicted octanol–water partition coefficient (Wildman–Crippen LogP) is 7.45. The number of halogens is 1. The van der Waals surface area contributed by atoms with Crippen molar-refractivity contribution in [2.24, 2.45) is 11.8 Å². The van der Waals surface area contributed by atoms with Gasteiger partial charge in [0, 0.05) is 35.5 Å². The first-order valence-corrected chi connectivity index (χ1v) is 17.4. The molecule has 240 valence electrons. The summed E-state index contributed by atoms with van der Waals surface area (Å²) in [5, 5.41) is 10.1. The summed E-state index contributed by atoms with van der Waals surface area (Å²) in [7, 11) is -3.87. The molecule has 9 heteroatoms. The molecule has 4 atom stereocenters. The number of nitrogens with zero attached hydrogens (tertiary/aromatic N) is 1. The van der Waals surface area contributed by atoms with Gasteiger partial charge in [-0.05, 0) is 85.5 Å². The lowest BCUT2D eigenvalue weighted by atomic mass is 9.74. The topological polar surface area (TPSA) is 93.1 Å². The molecule has 1 saturated heterocycles. The largest absolute Gasteiger partial charge is 0.482 e. The Hall–Kier alpha value is -3.17. The van der Waals surface area contributed by atoms with E-state index in [1.165, 1.54) is 17.2 Å². The van der Waals surface area contributed by atoms with Crippen molar-refractivity contribution in [1.29, 1.82) is 0 Å². The number of hydrogen-bond donors (Lipinski definition) is 1. The Labute approximate surface area is 271 Å². The lowest BCUT2D eigenvalue weighted by Gasteiger charge is -2.43. The molecular weight excluding hydrogens is 610 g/mol. The van der Waals surface area contributed by atoms with Crippen molar-refractivity contribution in [3.63, 3.8) is 0 Å². The van der Waals surface area contributed by atoms with Gasteiger partial charge in [0.05, 0.1) is 17.1 Å². The lowest BCUT2D eigenvalue weighted by Crippen LogP contribution is -2.37. The van der Waals surface area contributed by atoms with E-state index in [-0.39, 0.29) is 22.8 Å². The quantitative estimate of drug-likeness (QED) is 0.229. The zero-order chi connectivity index (χ0) is 32.3. The van der Waals surface area contributed by atoms with Crippen LogP contribution in [0.4, 0.5) is 0 Å². The smallest absolute Gasteiger partial charge is 0.341 e. The maximum absolute atomic E-state index is 14.1. The van der Waals surface area contributed by atoms with Gasteiger partial charge in [-0.15, -0.1) is 0 Å². The summed E-state index contributed by atoms with van der Waals surface area (Å²) in [6.45, 7) is 10.7. The second kappa shape index (κ2) is 14.1. The Kier molecular flexibility index (Phi) is 10.4. The number of benzene rings is 3. The summed E-state index contributed by atoms with van der Waals surface area (Å²) in [5.41, 5.74) is 4.87. The normalized spacial score (nSPS) is 22.4. The summed E-state index contributed by atoms with van der Waals surface area (Å²) in [4.78, 5) is 11.6. The van der Waals surface area contributed by atoms with Gasteiger partial charge in [-0.1, -0.05) is 74.0 Å². The number of carbonyl (C=O) groups is 1. The van der Waals surface area contributed by atoms with Crippen LogP contribution in [-0.4, -0.2) is 49.6 Å². The Morgan fingerprint density at radius 1 is 1.07 bits per heavy atom.